The van der Waals surface area contributed by atoms with Crippen LogP contribution in [0, 0.1) is 0 Å². The fraction of sp³-hybridized carbons (Fsp3) is 0.0417. The number of aromatic nitrogens is 1. The first-order chi connectivity index (χ1) is 14.1. The van der Waals surface area contributed by atoms with Crippen molar-refractivity contribution in [3.8, 4) is 22.5 Å². The van der Waals surface area contributed by atoms with Gasteiger partial charge < -0.3 is 4.98 Å². The van der Waals surface area contributed by atoms with Gasteiger partial charge in [-0.2, -0.15) is 0 Å². The Morgan fingerprint density at radius 1 is 0.655 bits per heavy atom. The first kappa shape index (κ1) is 17.6. The summed E-state index contributed by atoms with van der Waals surface area (Å²) in [7, 11) is -3.57. The molecule has 0 aliphatic carbocycles. The summed E-state index contributed by atoms with van der Waals surface area (Å²) in [5.74, 6) is -0.115. The van der Waals surface area contributed by atoms with Crippen molar-refractivity contribution in [1.82, 2.24) is 4.98 Å². The number of fused-ring (bicyclic) bond motifs is 1. The summed E-state index contributed by atoms with van der Waals surface area (Å²) in [6.07, 6.45) is 0. The second-order valence-corrected chi connectivity index (χ2v) is 8.89. The van der Waals surface area contributed by atoms with Crippen molar-refractivity contribution in [2.45, 2.75) is 4.90 Å². The molecule has 0 atom stereocenters. The summed E-state index contributed by atoms with van der Waals surface area (Å²) in [5, 5.41) is 0. The topological polar surface area (TPSA) is 62.3 Å². The first-order valence-electron chi connectivity index (χ1n) is 9.36. The molecule has 0 saturated heterocycles. The Labute approximate surface area is 169 Å². The van der Waals surface area contributed by atoms with Crippen LogP contribution in [0.3, 0.4) is 0 Å². The van der Waals surface area contributed by atoms with Crippen LogP contribution in [0.4, 0.5) is 5.69 Å². The SMILES string of the molecule is O=S1(=O)CC(c2ccccc2)=Nc2c(-c3ccccc3)[nH]c(-c3ccccc3)c21. The van der Waals surface area contributed by atoms with Crippen molar-refractivity contribution in [3.63, 3.8) is 0 Å². The zero-order chi connectivity index (χ0) is 19.8. The summed E-state index contributed by atoms with van der Waals surface area (Å²) in [4.78, 5) is 8.49. The van der Waals surface area contributed by atoms with Crippen molar-refractivity contribution in [1.29, 1.82) is 0 Å². The van der Waals surface area contributed by atoms with Crippen LogP contribution in [-0.2, 0) is 9.84 Å². The molecule has 1 N–H and O–H groups in total. The molecule has 5 heteroatoms. The highest BCUT2D eigenvalue weighted by molar-refractivity contribution is 7.92. The minimum absolute atomic E-state index is 0.115. The van der Waals surface area contributed by atoms with E-state index in [-0.39, 0.29) is 10.6 Å². The van der Waals surface area contributed by atoms with Crippen LogP contribution in [0.25, 0.3) is 22.5 Å². The molecule has 0 unspecified atom stereocenters. The van der Waals surface area contributed by atoms with Crippen molar-refractivity contribution in [3.05, 3.63) is 96.6 Å². The lowest BCUT2D eigenvalue weighted by Gasteiger charge is -2.16. The molecule has 1 aromatic heterocycles. The highest BCUT2D eigenvalue weighted by Crippen LogP contribution is 2.45. The second kappa shape index (κ2) is 6.87. The third-order valence-electron chi connectivity index (χ3n) is 5.05. The maximum atomic E-state index is 13.4. The minimum Gasteiger partial charge on any atom is -0.352 e. The van der Waals surface area contributed by atoms with Crippen LogP contribution < -0.4 is 0 Å². The number of H-pyrrole nitrogens is 1. The molecular weight excluding hydrogens is 380 g/mol. The van der Waals surface area contributed by atoms with Gasteiger partial charge in [-0.15, -0.1) is 0 Å². The van der Waals surface area contributed by atoms with E-state index in [2.05, 4.69) is 4.98 Å². The Kier molecular flexibility index (Phi) is 4.18. The van der Waals surface area contributed by atoms with Crippen LogP contribution in [-0.4, -0.2) is 24.9 Å². The molecule has 3 aromatic carbocycles. The number of aromatic amines is 1. The van der Waals surface area contributed by atoms with E-state index in [1.807, 2.05) is 91.0 Å². The zero-order valence-electron chi connectivity index (χ0n) is 15.5. The van der Waals surface area contributed by atoms with Gasteiger partial charge >= 0.3 is 0 Å². The highest BCUT2D eigenvalue weighted by Gasteiger charge is 2.34. The second-order valence-electron chi connectivity index (χ2n) is 6.97. The molecule has 142 valence electrons. The van der Waals surface area contributed by atoms with Crippen molar-refractivity contribution in [2.75, 3.05) is 5.75 Å². The third kappa shape index (κ3) is 3.09. The Bertz CT molecular complexity index is 1310. The predicted molar refractivity (Wildman–Crippen MR) is 116 cm³/mol. The van der Waals surface area contributed by atoms with Crippen molar-refractivity contribution in [2.24, 2.45) is 4.99 Å². The van der Waals surface area contributed by atoms with E-state index < -0.39 is 9.84 Å². The van der Waals surface area contributed by atoms with Crippen LogP contribution in [0.2, 0.25) is 0 Å². The van der Waals surface area contributed by atoms with Gasteiger partial charge in [0.05, 0.1) is 22.9 Å². The molecule has 4 nitrogen and oxygen atoms in total. The molecule has 2 heterocycles. The lowest BCUT2D eigenvalue weighted by Crippen LogP contribution is -2.21. The van der Waals surface area contributed by atoms with Gasteiger partial charge in [0.1, 0.15) is 10.6 Å². The number of benzene rings is 3. The molecule has 0 amide bonds. The molecule has 1 aliphatic heterocycles. The summed E-state index contributed by atoms with van der Waals surface area (Å²) < 4.78 is 26.8. The van der Waals surface area contributed by atoms with Crippen LogP contribution in [0.1, 0.15) is 5.56 Å². The molecule has 0 radical (unpaired) electrons. The van der Waals surface area contributed by atoms with Gasteiger partial charge in [-0.25, -0.2) is 13.4 Å². The maximum Gasteiger partial charge on any atom is 0.188 e. The number of aliphatic imine (C=N–C) groups is 1. The number of nitrogens with one attached hydrogen (secondary N) is 1. The molecule has 29 heavy (non-hydrogen) atoms. The molecule has 0 fully saturated rings. The highest BCUT2D eigenvalue weighted by atomic mass is 32.2. The molecule has 4 aromatic rings. The molecule has 0 bridgehead atoms. The van der Waals surface area contributed by atoms with E-state index in [4.69, 9.17) is 4.99 Å². The van der Waals surface area contributed by atoms with Crippen molar-refractivity contribution < 1.29 is 8.42 Å². The zero-order valence-corrected chi connectivity index (χ0v) is 16.4. The van der Waals surface area contributed by atoms with Gasteiger partial charge in [0.15, 0.2) is 9.84 Å². The van der Waals surface area contributed by atoms with Gasteiger partial charge in [0.2, 0.25) is 0 Å². The Balaban J connectivity index is 1.82. The summed E-state index contributed by atoms with van der Waals surface area (Å²) in [6, 6.07) is 28.7. The van der Waals surface area contributed by atoms with Gasteiger partial charge in [-0.05, 0) is 11.1 Å². The first-order valence-corrected chi connectivity index (χ1v) is 11.0. The van der Waals surface area contributed by atoms with Crippen molar-refractivity contribution >= 4 is 21.2 Å². The number of rotatable bonds is 3. The average molecular weight is 398 g/mol. The fourth-order valence-electron chi connectivity index (χ4n) is 3.70. The van der Waals surface area contributed by atoms with E-state index in [1.165, 1.54) is 0 Å². The third-order valence-corrected chi connectivity index (χ3v) is 6.72. The van der Waals surface area contributed by atoms with Crippen LogP contribution >= 0.6 is 0 Å². The van der Waals surface area contributed by atoms with E-state index in [0.717, 1.165) is 22.4 Å². The average Bonchev–Trinajstić information content (AvgIpc) is 3.16. The molecular formula is C24H18N2O2S. The minimum atomic E-state index is -3.57. The van der Waals surface area contributed by atoms with Gasteiger partial charge in [-0.1, -0.05) is 91.0 Å². The Morgan fingerprint density at radius 2 is 1.14 bits per heavy atom. The van der Waals surface area contributed by atoms with Gasteiger partial charge in [-0.3, -0.25) is 0 Å². The number of hydrogen-bond acceptors (Lipinski definition) is 3. The van der Waals surface area contributed by atoms with Crippen LogP contribution in [0.15, 0.2) is 101 Å². The number of nitrogens with zero attached hydrogens (tertiary/aromatic N) is 1. The number of sulfone groups is 1. The Hall–Kier alpha value is -3.44. The molecule has 1 aliphatic rings. The van der Waals surface area contributed by atoms with Gasteiger partial charge in [0.25, 0.3) is 0 Å². The quantitative estimate of drug-likeness (QED) is 0.512. The summed E-state index contributed by atoms with van der Waals surface area (Å²) in [6.45, 7) is 0. The van der Waals surface area contributed by atoms with E-state index in [0.29, 0.717) is 17.1 Å². The van der Waals surface area contributed by atoms with E-state index in [9.17, 15) is 8.42 Å². The predicted octanol–water partition coefficient (Wildman–Crippen LogP) is 5.26. The lowest BCUT2D eigenvalue weighted by molar-refractivity contribution is 0.600. The maximum absolute atomic E-state index is 13.4. The van der Waals surface area contributed by atoms with E-state index >= 15 is 0 Å². The monoisotopic (exact) mass is 398 g/mol. The van der Waals surface area contributed by atoms with E-state index in [1.54, 1.807) is 0 Å². The fourth-order valence-corrected chi connectivity index (χ4v) is 5.36. The number of hydrogen-bond donors (Lipinski definition) is 1. The summed E-state index contributed by atoms with van der Waals surface area (Å²) >= 11 is 0. The lowest BCUT2D eigenvalue weighted by atomic mass is 10.1. The normalized spacial score (nSPS) is 14.8. The molecule has 5 rings (SSSR count). The smallest absolute Gasteiger partial charge is 0.188 e. The van der Waals surface area contributed by atoms with Gasteiger partial charge in [0, 0.05) is 5.56 Å². The standard InChI is InChI=1S/C24H18N2O2S/c27-29(28)16-20(17-10-4-1-5-11-17)25-23-21(18-12-6-2-7-13-18)26-22(24(23)29)19-14-8-3-9-15-19/h1-15,26H,16H2. The Morgan fingerprint density at radius 3 is 1.69 bits per heavy atom. The molecule has 0 spiro atoms. The molecule has 0 saturated carbocycles. The summed E-state index contributed by atoms with van der Waals surface area (Å²) in [5.41, 5.74) is 4.91. The van der Waals surface area contributed by atoms with Crippen LogP contribution in [0.5, 0.6) is 0 Å². The largest absolute Gasteiger partial charge is 0.352 e.